The van der Waals surface area contributed by atoms with Gasteiger partial charge in [-0.05, 0) is 54.2 Å². The van der Waals surface area contributed by atoms with E-state index in [1.807, 2.05) is 24.3 Å². The predicted octanol–water partition coefficient (Wildman–Crippen LogP) is 4.09. The normalized spacial score (nSPS) is 12.6. The van der Waals surface area contributed by atoms with Crippen LogP contribution in [-0.2, 0) is 19.3 Å². The first-order valence-corrected chi connectivity index (χ1v) is 8.25. The summed E-state index contributed by atoms with van der Waals surface area (Å²) in [6, 6.07) is 18.3. The van der Waals surface area contributed by atoms with Gasteiger partial charge in [-0.1, -0.05) is 30.3 Å². The first-order chi connectivity index (χ1) is 11.8. The highest BCUT2D eigenvalue weighted by Crippen LogP contribution is 2.24. The van der Waals surface area contributed by atoms with Gasteiger partial charge < -0.3 is 0 Å². The highest BCUT2D eigenvalue weighted by Gasteiger charge is 2.11. The van der Waals surface area contributed by atoms with E-state index < -0.39 is 0 Å². The standard InChI is InChI=1S/C21H17N3/c22-14-16-3-1-6-19(12-16)20-9-10-23-21(24-20)13-15-7-8-17-4-2-5-18(17)11-15/h1,3,6-12H,2,4-5,13H2. The monoisotopic (exact) mass is 311 g/mol. The zero-order chi connectivity index (χ0) is 16.4. The van der Waals surface area contributed by atoms with Gasteiger partial charge in [0.1, 0.15) is 5.82 Å². The van der Waals surface area contributed by atoms with Crippen LogP contribution >= 0.6 is 0 Å². The van der Waals surface area contributed by atoms with E-state index in [1.54, 1.807) is 12.3 Å². The minimum atomic E-state index is 0.645. The van der Waals surface area contributed by atoms with Crippen molar-refractivity contribution in [3.05, 3.63) is 82.8 Å². The lowest BCUT2D eigenvalue weighted by molar-refractivity contribution is 0.911. The molecule has 0 N–H and O–H groups in total. The Morgan fingerprint density at radius 3 is 2.83 bits per heavy atom. The van der Waals surface area contributed by atoms with Crippen LogP contribution in [0, 0.1) is 11.3 Å². The van der Waals surface area contributed by atoms with E-state index in [1.165, 1.54) is 36.0 Å². The number of aromatic nitrogens is 2. The number of nitriles is 1. The van der Waals surface area contributed by atoms with E-state index in [0.29, 0.717) is 5.56 Å². The topological polar surface area (TPSA) is 49.6 Å². The molecule has 0 aliphatic heterocycles. The summed E-state index contributed by atoms with van der Waals surface area (Å²) in [6.45, 7) is 0. The Balaban J connectivity index is 1.62. The zero-order valence-corrected chi connectivity index (χ0v) is 13.4. The molecule has 0 atom stereocenters. The van der Waals surface area contributed by atoms with Crippen molar-refractivity contribution < 1.29 is 0 Å². The third-order valence-corrected chi connectivity index (χ3v) is 4.52. The molecule has 0 unspecified atom stereocenters. The number of hydrogen-bond acceptors (Lipinski definition) is 3. The van der Waals surface area contributed by atoms with Crippen molar-refractivity contribution in [2.45, 2.75) is 25.7 Å². The Labute approximate surface area is 141 Å². The Kier molecular flexibility index (Phi) is 3.80. The molecule has 4 rings (SSSR count). The third kappa shape index (κ3) is 2.91. The van der Waals surface area contributed by atoms with E-state index >= 15 is 0 Å². The van der Waals surface area contributed by atoms with Gasteiger partial charge in [-0.3, -0.25) is 0 Å². The minimum absolute atomic E-state index is 0.645. The lowest BCUT2D eigenvalue weighted by Gasteiger charge is -2.06. The summed E-state index contributed by atoms with van der Waals surface area (Å²) in [4.78, 5) is 9.11. The van der Waals surface area contributed by atoms with Crippen LogP contribution in [0.3, 0.4) is 0 Å². The summed E-state index contributed by atoms with van der Waals surface area (Å²) >= 11 is 0. The molecule has 2 aromatic carbocycles. The zero-order valence-electron chi connectivity index (χ0n) is 13.4. The molecule has 1 heterocycles. The van der Waals surface area contributed by atoms with Crippen molar-refractivity contribution in [2.75, 3.05) is 0 Å². The van der Waals surface area contributed by atoms with Crippen LogP contribution in [0.4, 0.5) is 0 Å². The fraction of sp³-hybridized carbons (Fsp3) is 0.190. The molecular formula is C21H17N3. The van der Waals surface area contributed by atoms with E-state index in [4.69, 9.17) is 5.26 Å². The van der Waals surface area contributed by atoms with Gasteiger partial charge in [0.15, 0.2) is 0 Å². The van der Waals surface area contributed by atoms with Crippen molar-refractivity contribution >= 4 is 0 Å². The number of rotatable bonds is 3. The molecule has 1 aliphatic rings. The molecule has 0 amide bonds. The molecule has 0 saturated carbocycles. The summed E-state index contributed by atoms with van der Waals surface area (Å²) in [5.41, 5.74) is 6.68. The van der Waals surface area contributed by atoms with Crippen molar-refractivity contribution in [1.82, 2.24) is 9.97 Å². The molecule has 0 spiro atoms. The SMILES string of the molecule is N#Cc1cccc(-c2ccnc(Cc3ccc4c(c3)CCC4)n2)c1. The molecule has 0 radical (unpaired) electrons. The Bertz CT molecular complexity index is 938. The molecule has 3 heteroatoms. The van der Waals surface area contributed by atoms with E-state index in [2.05, 4.69) is 34.2 Å². The second-order valence-corrected chi connectivity index (χ2v) is 6.18. The summed E-state index contributed by atoms with van der Waals surface area (Å²) in [6.07, 6.45) is 6.19. The molecule has 0 fully saturated rings. The maximum atomic E-state index is 9.05. The summed E-state index contributed by atoms with van der Waals surface area (Å²) < 4.78 is 0. The van der Waals surface area contributed by atoms with Crippen LogP contribution in [0.1, 0.15) is 34.5 Å². The Morgan fingerprint density at radius 1 is 1.00 bits per heavy atom. The molecule has 3 aromatic rings. The molecule has 1 aliphatic carbocycles. The lowest BCUT2D eigenvalue weighted by atomic mass is 10.0. The average molecular weight is 311 g/mol. The first-order valence-electron chi connectivity index (χ1n) is 8.25. The van der Waals surface area contributed by atoms with Crippen molar-refractivity contribution in [3.8, 4) is 17.3 Å². The van der Waals surface area contributed by atoms with E-state index in [0.717, 1.165) is 23.5 Å². The Hall–Kier alpha value is -2.99. The number of hydrogen-bond donors (Lipinski definition) is 0. The number of aryl methyl sites for hydroxylation is 2. The maximum absolute atomic E-state index is 9.05. The Morgan fingerprint density at radius 2 is 1.92 bits per heavy atom. The van der Waals surface area contributed by atoms with Crippen LogP contribution in [0.2, 0.25) is 0 Å². The summed E-state index contributed by atoms with van der Waals surface area (Å²) in [5.74, 6) is 0.813. The van der Waals surface area contributed by atoms with Gasteiger partial charge >= 0.3 is 0 Å². The van der Waals surface area contributed by atoms with Crippen LogP contribution < -0.4 is 0 Å². The highest BCUT2D eigenvalue weighted by atomic mass is 14.9. The smallest absolute Gasteiger partial charge is 0.133 e. The fourth-order valence-electron chi connectivity index (χ4n) is 3.31. The molecule has 0 bridgehead atoms. The quantitative estimate of drug-likeness (QED) is 0.732. The molecule has 24 heavy (non-hydrogen) atoms. The fourth-order valence-corrected chi connectivity index (χ4v) is 3.31. The first kappa shape index (κ1) is 14.6. The molecule has 116 valence electrons. The predicted molar refractivity (Wildman–Crippen MR) is 93.5 cm³/mol. The van der Waals surface area contributed by atoms with Gasteiger partial charge in [0.25, 0.3) is 0 Å². The minimum Gasteiger partial charge on any atom is -0.241 e. The number of fused-ring (bicyclic) bond motifs is 1. The highest BCUT2D eigenvalue weighted by molar-refractivity contribution is 5.61. The van der Waals surface area contributed by atoms with Gasteiger partial charge in [0.2, 0.25) is 0 Å². The van der Waals surface area contributed by atoms with Crippen molar-refractivity contribution in [2.24, 2.45) is 0 Å². The largest absolute Gasteiger partial charge is 0.241 e. The third-order valence-electron chi connectivity index (χ3n) is 4.52. The van der Waals surface area contributed by atoms with Gasteiger partial charge in [-0.15, -0.1) is 0 Å². The lowest BCUT2D eigenvalue weighted by Crippen LogP contribution is -1.98. The summed E-state index contributed by atoms with van der Waals surface area (Å²) in [5, 5.41) is 9.05. The van der Waals surface area contributed by atoms with Crippen LogP contribution in [0.15, 0.2) is 54.7 Å². The van der Waals surface area contributed by atoms with E-state index in [9.17, 15) is 0 Å². The summed E-state index contributed by atoms with van der Waals surface area (Å²) in [7, 11) is 0. The molecule has 3 nitrogen and oxygen atoms in total. The van der Waals surface area contributed by atoms with Gasteiger partial charge in [0, 0.05) is 18.2 Å². The number of benzene rings is 2. The van der Waals surface area contributed by atoms with Crippen LogP contribution in [-0.4, -0.2) is 9.97 Å². The van der Waals surface area contributed by atoms with Gasteiger partial charge in [-0.2, -0.15) is 5.26 Å². The molecule has 1 aromatic heterocycles. The molecule has 0 saturated heterocycles. The van der Waals surface area contributed by atoms with Gasteiger partial charge in [-0.25, -0.2) is 9.97 Å². The van der Waals surface area contributed by atoms with Crippen LogP contribution in [0.5, 0.6) is 0 Å². The van der Waals surface area contributed by atoms with Crippen molar-refractivity contribution in [1.29, 1.82) is 5.26 Å². The second-order valence-electron chi connectivity index (χ2n) is 6.18. The molecular weight excluding hydrogens is 294 g/mol. The number of nitrogens with zero attached hydrogens (tertiary/aromatic N) is 3. The van der Waals surface area contributed by atoms with Gasteiger partial charge in [0.05, 0.1) is 17.3 Å². The van der Waals surface area contributed by atoms with Crippen LogP contribution in [0.25, 0.3) is 11.3 Å². The average Bonchev–Trinajstić information content (AvgIpc) is 3.10. The maximum Gasteiger partial charge on any atom is 0.133 e. The van der Waals surface area contributed by atoms with Crippen molar-refractivity contribution in [3.63, 3.8) is 0 Å². The van der Waals surface area contributed by atoms with E-state index in [-0.39, 0.29) is 0 Å². The second kappa shape index (κ2) is 6.25.